The minimum atomic E-state index is 0.219. The van der Waals surface area contributed by atoms with Gasteiger partial charge in [0.1, 0.15) is 0 Å². The number of nitrogens with zero attached hydrogens (tertiary/aromatic N) is 3. The molecule has 0 N–H and O–H groups in total. The molecule has 146 valence electrons. The molecule has 1 saturated carbocycles. The van der Waals surface area contributed by atoms with Crippen molar-refractivity contribution >= 4 is 11.6 Å². The summed E-state index contributed by atoms with van der Waals surface area (Å²) in [4.78, 5) is 21.1. The Bertz CT molecular complexity index is 857. The minimum absolute atomic E-state index is 0.219. The van der Waals surface area contributed by atoms with E-state index in [1.807, 2.05) is 17.2 Å². The van der Waals surface area contributed by atoms with Crippen molar-refractivity contribution in [1.29, 1.82) is 0 Å². The van der Waals surface area contributed by atoms with Gasteiger partial charge in [0.05, 0.1) is 11.9 Å². The zero-order valence-corrected chi connectivity index (χ0v) is 16.6. The van der Waals surface area contributed by atoms with Crippen molar-refractivity contribution in [3.8, 4) is 0 Å². The summed E-state index contributed by atoms with van der Waals surface area (Å²) in [7, 11) is 0. The van der Waals surface area contributed by atoms with Gasteiger partial charge in [0.25, 0.3) is 0 Å². The van der Waals surface area contributed by atoms with E-state index in [-0.39, 0.29) is 5.91 Å². The number of fused-ring (bicyclic) bond motifs is 1. The molecule has 1 saturated heterocycles. The normalized spacial score (nSPS) is 20.7. The minimum Gasteiger partial charge on any atom is -0.311 e. The van der Waals surface area contributed by atoms with Crippen molar-refractivity contribution in [3.05, 3.63) is 58.9 Å². The molecule has 2 aliphatic heterocycles. The molecule has 2 aromatic rings. The van der Waals surface area contributed by atoms with E-state index in [1.54, 1.807) is 0 Å². The summed E-state index contributed by atoms with van der Waals surface area (Å²) in [6.07, 6.45) is 10.9. The molecule has 0 unspecified atom stereocenters. The maximum Gasteiger partial charge on any atom is 0.227 e. The maximum absolute atomic E-state index is 11.9. The molecule has 4 heteroatoms. The van der Waals surface area contributed by atoms with Crippen LogP contribution in [0.1, 0.15) is 54.5 Å². The van der Waals surface area contributed by atoms with Gasteiger partial charge in [0, 0.05) is 44.2 Å². The molecule has 0 bridgehead atoms. The lowest BCUT2D eigenvalue weighted by Crippen LogP contribution is -2.41. The van der Waals surface area contributed by atoms with Crippen LogP contribution in [0.15, 0.2) is 36.5 Å². The third kappa shape index (κ3) is 3.58. The zero-order chi connectivity index (χ0) is 18.9. The van der Waals surface area contributed by atoms with Crippen molar-refractivity contribution in [2.75, 3.05) is 24.5 Å². The number of benzene rings is 1. The van der Waals surface area contributed by atoms with E-state index < -0.39 is 0 Å². The lowest BCUT2D eigenvalue weighted by molar-refractivity contribution is -0.117. The lowest BCUT2D eigenvalue weighted by Gasteiger charge is -2.36. The first kappa shape index (κ1) is 17.9. The van der Waals surface area contributed by atoms with Crippen molar-refractivity contribution in [2.24, 2.45) is 0 Å². The zero-order valence-electron chi connectivity index (χ0n) is 16.6. The Kier molecular flexibility index (Phi) is 4.89. The summed E-state index contributed by atoms with van der Waals surface area (Å²) >= 11 is 0. The molecular weight excluding hydrogens is 346 g/mol. The molecule has 1 aromatic heterocycles. The highest BCUT2D eigenvalue weighted by molar-refractivity contribution is 5.95. The van der Waals surface area contributed by atoms with Crippen molar-refractivity contribution < 1.29 is 4.79 Å². The van der Waals surface area contributed by atoms with Gasteiger partial charge in [-0.2, -0.15) is 0 Å². The van der Waals surface area contributed by atoms with Crippen molar-refractivity contribution in [1.82, 2.24) is 9.88 Å². The van der Waals surface area contributed by atoms with Gasteiger partial charge in [-0.05, 0) is 60.9 Å². The number of carbonyl (C=O) groups is 1. The topological polar surface area (TPSA) is 36.4 Å². The Balaban J connectivity index is 1.26. The highest BCUT2D eigenvalue weighted by atomic mass is 16.2. The fourth-order valence-electron chi connectivity index (χ4n) is 4.83. The average Bonchev–Trinajstić information content (AvgIpc) is 2.99. The second-order valence-corrected chi connectivity index (χ2v) is 8.56. The van der Waals surface area contributed by atoms with E-state index in [2.05, 4.69) is 34.1 Å². The molecule has 4 nitrogen and oxygen atoms in total. The van der Waals surface area contributed by atoms with E-state index in [4.69, 9.17) is 0 Å². The Labute approximate surface area is 167 Å². The van der Waals surface area contributed by atoms with Gasteiger partial charge in [-0.1, -0.05) is 24.6 Å². The first-order valence-electron chi connectivity index (χ1n) is 10.9. The molecule has 28 heavy (non-hydrogen) atoms. The molecule has 5 rings (SSSR count). The SMILES string of the molecule is O=C1CCCN1c1ccc(Cc2ccc3c(c2)CCN(C2CCC2)CC3)nc1. The number of amides is 1. The molecule has 3 heterocycles. The smallest absolute Gasteiger partial charge is 0.227 e. The number of pyridine rings is 1. The van der Waals surface area contributed by atoms with Crippen LogP contribution >= 0.6 is 0 Å². The predicted molar refractivity (Wildman–Crippen MR) is 112 cm³/mol. The van der Waals surface area contributed by atoms with Crippen LogP contribution < -0.4 is 4.90 Å². The fourth-order valence-corrected chi connectivity index (χ4v) is 4.83. The van der Waals surface area contributed by atoms with Crippen LogP contribution in [0, 0.1) is 0 Å². The summed E-state index contributed by atoms with van der Waals surface area (Å²) in [6, 6.07) is 12.0. The largest absolute Gasteiger partial charge is 0.311 e. The summed E-state index contributed by atoms with van der Waals surface area (Å²) < 4.78 is 0. The summed E-state index contributed by atoms with van der Waals surface area (Å²) in [6.45, 7) is 3.25. The van der Waals surface area contributed by atoms with Crippen LogP contribution in [0.2, 0.25) is 0 Å². The number of aromatic nitrogens is 1. The van der Waals surface area contributed by atoms with Gasteiger partial charge in [0.15, 0.2) is 0 Å². The third-order valence-electron chi connectivity index (χ3n) is 6.78. The van der Waals surface area contributed by atoms with Gasteiger partial charge < -0.3 is 4.90 Å². The maximum atomic E-state index is 11.9. The monoisotopic (exact) mass is 375 g/mol. The second-order valence-electron chi connectivity index (χ2n) is 8.56. The van der Waals surface area contributed by atoms with Gasteiger partial charge >= 0.3 is 0 Å². The summed E-state index contributed by atoms with van der Waals surface area (Å²) in [5.41, 5.74) is 6.40. The molecule has 0 radical (unpaired) electrons. The van der Waals surface area contributed by atoms with Crippen LogP contribution in [0.5, 0.6) is 0 Å². The first-order valence-corrected chi connectivity index (χ1v) is 10.9. The Hall–Kier alpha value is -2.20. The van der Waals surface area contributed by atoms with E-state index in [0.717, 1.165) is 36.8 Å². The van der Waals surface area contributed by atoms with Gasteiger partial charge in [-0.25, -0.2) is 0 Å². The van der Waals surface area contributed by atoms with Crippen LogP contribution in [-0.4, -0.2) is 41.5 Å². The van der Waals surface area contributed by atoms with Crippen molar-refractivity contribution in [3.63, 3.8) is 0 Å². The number of anilines is 1. The molecule has 1 aliphatic carbocycles. The molecular formula is C24H29N3O. The number of hydrogen-bond donors (Lipinski definition) is 0. The highest BCUT2D eigenvalue weighted by Crippen LogP contribution is 2.28. The van der Waals surface area contributed by atoms with Crippen LogP contribution in [0.25, 0.3) is 0 Å². The molecule has 0 spiro atoms. The lowest BCUT2D eigenvalue weighted by atomic mass is 9.91. The quantitative estimate of drug-likeness (QED) is 0.817. The molecule has 1 amide bonds. The number of rotatable bonds is 4. The summed E-state index contributed by atoms with van der Waals surface area (Å²) in [5, 5.41) is 0. The predicted octanol–water partition coefficient (Wildman–Crippen LogP) is 3.75. The van der Waals surface area contributed by atoms with E-state index in [1.165, 1.54) is 61.9 Å². The molecule has 1 aromatic carbocycles. The highest BCUT2D eigenvalue weighted by Gasteiger charge is 2.26. The van der Waals surface area contributed by atoms with Gasteiger partial charge in [-0.15, -0.1) is 0 Å². The van der Waals surface area contributed by atoms with Crippen LogP contribution in [-0.2, 0) is 24.1 Å². The molecule has 2 fully saturated rings. The number of hydrogen-bond acceptors (Lipinski definition) is 3. The van der Waals surface area contributed by atoms with E-state index in [0.29, 0.717) is 6.42 Å². The fraction of sp³-hybridized carbons (Fsp3) is 0.500. The van der Waals surface area contributed by atoms with Crippen molar-refractivity contribution in [2.45, 2.75) is 57.4 Å². The molecule has 3 aliphatic rings. The third-order valence-corrected chi connectivity index (χ3v) is 6.78. The van der Waals surface area contributed by atoms with Gasteiger partial charge in [-0.3, -0.25) is 14.7 Å². The van der Waals surface area contributed by atoms with Crippen LogP contribution in [0.4, 0.5) is 5.69 Å². The van der Waals surface area contributed by atoms with Crippen LogP contribution in [0.3, 0.4) is 0 Å². The molecule has 0 atom stereocenters. The Morgan fingerprint density at radius 2 is 1.79 bits per heavy atom. The summed E-state index contributed by atoms with van der Waals surface area (Å²) in [5.74, 6) is 0.219. The van der Waals surface area contributed by atoms with Gasteiger partial charge in [0.2, 0.25) is 5.91 Å². The Morgan fingerprint density at radius 1 is 0.929 bits per heavy atom. The average molecular weight is 376 g/mol. The van der Waals surface area contributed by atoms with E-state index in [9.17, 15) is 4.79 Å². The second kappa shape index (κ2) is 7.67. The number of carbonyl (C=O) groups excluding carboxylic acids is 1. The Morgan fingerprint density at radius 3 is 2.46 bits per heavy atom. The first-order chi connectivity index (χ1) is 13.8. The van der Waals surface area contributed by atoms with E-state index >= 15 is 0 Å². The standard InChI is InChI=1S/C24H29N3O/c28-24-5-2-12-27(24)23-9-8-21(25-17-23)16-18-6-7-19-10-13-26(22-3-1-4-22)14-11-20(19)15-18/h6-9,15,17,22H,1-5,10-14,16H2.